The molecule has 1 saturated carbocycles. The molecule has 2 rings (SSSR count). The largest absolute Gasteiger partial charge is 0.369 e. The Labute approximate surface area is 106 Å². The molecule has 1 aliphatic rings. The fraction of sp³-hybridized carbons (Fsp3) is 0.667. The zero-order valence-corrected chi connectivity index (χ0v) is 10.6. The number of nitrogens with one attached hydrogen (secondary N) is 2. The van der Waals surface area contributed by atoms with Crippen LogP contribution < -0.4 is 10.9 Å². The Balaban J connectivity index is 1.74. The van der Waals surface area contributed by atoms with Gasteiger partial charge in [0.2, 0.25) is 0 Å². The zero-order chi connectivity index (χ0) is 12.1. The van der Waals surface area contributed by atoms with E-state index in [9.17, 15) is 4.79 Å². The lowest BCUT2D eigenvalue weighted by Gasteiger charge is -2.09. The van der Waals surface area contributed by atoms with E-state index in [-0.39, 0.29) is 10.6 Å². The van der Waals surface area contributed by atoms with E-state index < -0.39 is 0 Å². The van der Waals surface area contributed by atoms with Gasteiger partial charge in [0, 0.05) is 6.54 Å². The van der Waals surface area contributed by atoms with Crippen molar-refractivity contribution in [1.82, 2.24) is 9.97 Å². The quantitative estimate of drug-likeness (QED) is 0.796. The maximum absolute atomic E-state index is 11.2. The molecule has 1 aromatic rings. The highest BCUT2D eigenvalue weighted by atomic mass is 35.5. The van der Waals surface area contributed by atoms with Crippen molar-refractivity contribution in [3.8, 4) is 0 Å². The van der Waals surface area contributed by atoms with Gasteiger partial charge in [-0.25, -0.2) is 4.98 Å². The minimum absolute atomic E-state index is 0.147. The van der Waals surface area contributed by atoms with Crippen molar-refractivity contribution in [3.05, 3.63) is 21.7 Å². The molecule has 1 heterocycles. The van der Waals surface area contributed by atoms with Gasteiger partial charge >= 0.3 is 0 Å². The molecule has 0 aromatic carbocycles. The molecule has 0 spiro atoms. The van der Waals surface area contributed by atoms with Crippen LogP contribution in [0.5, 0.6) is 0 Å². The Morgan fingerprint density at radius 2 is 2.24 bits per heavy atom. The van der Waals surface area contributed by atoms with E-state index >= 15 is 0 Å². The Morgan fingerprint density at radius 3 is 3.00 bits per heavy atom. The molecule has 0 amide bonds. The SMILES string of the molecule is O=c1[nH]cnc(NCCCC2CCCC2)c1Cl. The third-order valence-electron chi connectivity index (χ3n) is 3.35. The van der Waals surface area contributed by atoms with Crippen LogP contribution in [0.1, 0.15) is 38.5 Å². The Bertz CT molecular complexity index is 412. The lowest BCUT2D eigenvalue weighted by atomic mass is 10.0. The molecule has 17 heavy (non-hydrogen) atoms. The van der Waals surface area contributed by atoms with Crippen LogP contribution in [0.3, 0.4) is 0 Å². The monoisotopic (exact) mass is 255 g/mol. The smallest absolute Gasteiger partial charge is 0.271 e. The molecular formula is C12H18ClN3O. The molecule has 1 aromatic heterocycles. The topological polar surface area (TPSA) is 57.8 Å². The minimum Gasteiger partial charge on any atom is -0.369 e. The molecule has 94 valence electrons. The van der Waals surface area contributed by atoms with Crippen molar-refractivity contribution >= 4 is 17.4 Å². The Kier molecular flexibility index (Phi) is 4.42. The molecule has 0 aliphatic heterocycles. The van der Waals surface area contributed by atoms with E-state index in [0.717, 1.165) is 18.9 Å². The van der Waals surface area contributed by atoms with Crippen LogP contribution in [0.15, 0.2) is 11.1 Å². The number of hydrogen-bond donors (Lipinski definition) is 2. The van der Waals surface area contributed by atoms with E-state index in [4.69, 9.17) is 11.6 Å². The van der Waals surface area contributed by atoms with Crippen LogP contribution in [-0.2, 0) is 0 Å². The normalized spacial score (nSPS) is 16.3. The van der Waals surface area contributed by atoms with Gasteiger partial charge in [0.25, 0.3) is 5.56 Å². The first-order chi connectivity index (χ1) is 8.27. The van der Waals surface area contributed by atoms with E-state index in [2.05, 4.69) is 15.3 Å². The van der Waals surface area contributed by atoms with Gasteiger partial charge in [-0.05, 0) is 18.8 Å². The predicted molar refractivity (Wildman–Crippen MR) is 69.5 cm³/mol. The van der Waals surface area contributed by atoms with Gasteiger partial charge in [-0.2, -0.15) is 0 Å². The van der Waals surface area contributed by atoms with E-state index in [0.29, 0.717) is 5.82 Å². The number of rotatable bonds is 5. The summed E-state index contributed by atoms with van der Waals surface area (Å²) in [4.78, 5) is 17.7. The van der Waals surface area contributed by atoms with Crippen molar-refractivity contribution in [2.75, 3.05) is 11.9 Å². The molecule has 0 saturated heterocycles. The van der Waals surface area contributed by atoms with Crippen LogP contribution in [-0.4, -0.2) is 16.5 Å². The molecule has 5 heteroatoms. The molecule has 0 bridgehead atoms. The zero-order valence-electron chi connectivity index (χ0n) is 9.84. The van der Waals surface area contributed by atoms with Crippen molar-refractivity contribution < 1.29 is 0 Å². The van der Waals surface area contributed by atoms with Gasteiger partial charge in [0.1, 0.15) is 5.02 Å². The number of anilines is 1. The summed E-state index contributed by atoms with van der Waals surface area (Å²) in [5, 5.41) is 3.26. The molecule has 0 radical (unpaired) electrons. The van der Waals surface area contributed by atoms with Crippen molar-refractivity contribution in [3.63, 3.8) is 0 Å². The summed E-state index contributed by atoms with van der Waals surface area (Å²) in [5.74, 6) is 1.39. The fourth-order valence-electron chi connectivity index (χ4n) is 2.40. The molecule has 1 fully saturated rings. The molecule has 1 aliphatic carbocycles. The lowest BCUT2D eigenvalue weighted by molar-refractivity contribution is 0.491. The Morgan fingerprint density at radius 1 is 1.47 bits per heavy atom. The van der Waals surface area contributed by atoms with Gasteiger partial charge in [-0.15, -0.1) is 0 Å². The highest BCUT2D eigenvalue weighted by Crippen LogP contribution is 2.28. The fourth-order valence-corrected chi connectivity index (χ4v) is 2.57. The summed E-state index contributed by atoms with van der Waals surface area (Å²) in [6, 6.07) is 0. The number of nitrogens with zero attached hydrogens (tertiary/aromatic N) is 1. The Hall–Kier alpha value is -1.03. The number of H-pyrrole nitrogens is 1. The number of aromatic nitrogens is 2. The summed E-state index contributed by atoms with van der Waals surface area (Å²) in [7, 11) is 0. The third kappa shape index (κ3) is 3.46. The van der Waals surface area contributed by atoms with Crippen LogP contribution in [0.25, 0.3) is 0 Å². The van der Waals surface area contributed by atoms with Crippen LogP contribution in [0.4, 0.5) is 5.82 Å². The molecular weight excluding hydrogens is 238 g/mol. The van der Waals surface area contributed by atoms with Gasteiger partial charge in [0.15, 0.2) is 5.82 Å². The number of halogens is 1. The van der Waals surface area contributed by atoms with Crippen LogP contribution >= 0.6 is 11.6 Å². The van der Waals surface area contributed by atoms with E-state index in [1.54, 1.807) is 0 Å². The minimum atomic E-state index is -0.292. The standard InChI is InChI=1S/C12H18ClN3O/c13-10-11(15-8-16-12(10)17)14-7-3-6-9-4-1-2-5-9/h8-9H,1-7H2,(H2,14,15,16,17). The maximum atomic E-state index is 11.2. The van der Waals surface area contributed by atoms with Crippen molar-refractivity contribution in [1.29, 1.82) is 0 Å². The second-order valence-corrected chi connectivity index (χ2v) is 4.99. The average molecular weight is 256 g/mol. The first kappa shape index (κ1) is 12.4. The van der Waals surface area contributed by atoms with Gasteiger partial charge in [-0.3, -0.25) is 4.79 Å². The second kappa shape index (κ2) is 6.05. The average Bonchev–Trinajstić information content (AvgIpc) is 2.83. The highest BCUT2D eigenvalue weighted by Gasteiger charge is 2.14. The van der Waals surface area contributed by atoms with E-state index in [1.165, 1.54) is 38.4 Å². The summed E-state index contributed by atoms with van der Waals surface area (Å²) >= 11 is 5.83. The molecule has 2 N–H and O–H groups in total. The van der Waals surface area contributed by atoms with Crippen LogP contribution in [0.2, 0.25) is 5.02 Å². The maximum Gasteiger partial charge on any atom is 0.271 e. The molecule has 0 unspecified atom stereocenters. The van der Waals surface area contributed by atoms with E-state index in [1.807, 2.05) is 0 Å². The van der Waals surface area contributed by atoms with Gasteiger partial charge in [-0.1, -0.05) is 37.3 Å². The second-order valence-electron chi connectivity index (χ2n) is 4.61. The van der Waals surface area contributed by atoms with Gasteiger partial charge in [0.05, 0.1) is 6.33 Å². The summed E-state index contributed by atoms with van der Waals surface area (Å²) in [6.07, 6.45) is 9.27. The predicted octanol–water partition coefficient (Wildman–Crippen LogP) is 2.81. The van der Waals surface area contributed by atoms with Gasteiger partial charge < -0.3 is 10.3 Å². The number of hydrogen-bond acceptors (Lipinski definition) is 3. The number of aromatic amines is 1. The summed E-state index contributed by atoms with van der Waals surface area (Å²) in [5.41, 5.74) is -0.292. The summed E-state index contributed by atoms with van der Waals surface area (Å²) < 4.78 is 0. The highest BCUT2D eigenvalue weighted by molar-refractivity contribution is 6.32. The lowest BCUT2D eigenvalue weighted by Crippen LogP contribution is -2.13. The first-order valence-corrected chi connectivity index (χ1v) is 6.62. The van der Waals surface area contributed by atoms with Crippen molar-refractivity contribution in [2.24, 2.45) is 5.92 Å². The molecule has 0 atom stereocenters. The van der Waals surface area contributed by atoms with Crippen LogP contribution in [0, 0.1) is 5.92 Å². The third-order valence-corrected chi connectivity index (χ3v) is 3.70. The summed E-state index contributed by atoms with van der Waals surface area (Å²) in [6.45, 7) is 0.826. The first-order valence-electron chi connectivity index (χ1n) is 6.24. The van der Waals surface area contributed by atoms with Crippen molar-refractivity contribution in [2.45, 2.75) is 38.5 Å². The molecule has 4 nitrogen and oxygen atoms in total.